The summed E-state index contributed by atoms with van der Waals surface area (Å²) in [7, 11) is -0.0870. The minimum atomic E-state index is -4.01. The van der Waals surface area contributed by atoms with Crippen molar-refractivity contribution in [3.8, 4) is 0 Å². The Kier molecular flexibility index (Phi) is 5.93. The van der Waals surface area contributed by atoms with Gasteiger partial charge < -0.3 is 9.64 Å². The van der Waals surface area contributed by atoms with Gasteiger partial charge in [-0.15, -0.1) is 0 Å². The van der Waals surface area contributed by atoms with Gasteiger partial charge in [-0.1, -0.05) is 44.0 Å². The third kappa shape index (κ3) is 3.88. The molecule has 4 aliphatic rings. The quantitative estimate of drug-likeness (QED) is 0.370. The second-order valence-electron chi connectivity index (χ2n) is 11.6. The van der Waals surface area contributed by atoms with Gasteiger partial charge in [-0.05, 0) is 50.7 Å². The molecule has 36 heavy (non-hydrogen) atoms. The highest BCUT2D eigenvalue weighted by Crippen LogP contribution is 2.59. The molecule has 2 spiro atoms. The number of fused-ring (bicyclic) bond motifs is 4. The maximum Gasteiger partial charge on any atom is 0.298 e. The van der Waals surface area contributed by atoms with Gasteiger partial charge in [0.25, 0.3) is 10.1 Å². The van der Waals surface area contributed by atoms with E-state index in [0.717, 1.165) is 49.6 Å². The first-order valence-corrected chi connectivity index (χ1v) is 14.8. The molecule has 3 aliphatic carbocycles. The van der Waals surface area contributed by atoms with Gasteiger partial charge in [0.05, 0.1) is 5.60 Å². The summed E-state index contributed by atoms with van der Waals surface area (Å²) in [5.41, 5.74) is 0.212. The molecule has 2 bridgehead atoms. The van der Waals surface area contributed by atoms with Crippen LogP contribution < -0.4 is 4.90 Å². The van der Waals surface area contributed by atoms with Crippen LogP contribution in [0.25, 0.3) is 10.8 Å². The first kappa shape index (κ1) is 24.6. The van der Waals surface area contributed by atoms with Gasteiger partial charge in [-0.25, -0.2) is 0 Å². The van der Waals surface area contributed by atoms with Crippen LogP contribution in [0.4, 0.5) is 5.69 Å². The van der Waals surface area contributed by atoms with Crippen molar-refractivity contribution >= 4 is 26.6 Å². The van der Waals surface area contributed by atoms with E-state index in [4.69, 9.17) is 18.7 Å². The molecule has 196 valence electrons. The molecule has 3 saturated carbocycles. The summed E-state index contributed by atoms with van der Waals surface area (Å²) in [6, 6.07) is 11.2. The Morgan fingerprint density at radius 2 is 1.67 bits per heavy atom. The Morgan fingerprint density at radius 1 is 0.917 bits per heavy atom. The Morgan fingerprint density at radius 3 is 2.44 bits per heavy atom. The first-order valence-electron chi connectivity index (χ1n) is 13.4. The molecule has 6 rings (SSSR count). The van der Waals surface area contributed by atoms with E-state index in [0.29, 0.717) is 24.6 Å². The van der Waals surface area contributed by atoms with Gasteiger partial charge in [0.1, 0.15) is 4.90 Å². The standard InChI is InChI=1S/C28H37NO6S/c1-20-18-26(15-9-10-21(19-26)28(20)32-27(33-34-28)16-5-4-6-17-27)35-36(30,31)25-14-8-11-22-23(25)12-7-13-24(22)29(2)3/h7-8,11-14,20-21H,4-6,9-10,15-19H2,1-3H3. The monoisotopic (exact) mass is 515 g/mol. The zero-order chi connectivity index (χ0) is 25.2. The van der Waals surface area contributed by atoms with Crippen LogP contribution in [0.2, 0.25) is 0 Å². The molecule has 2 aromatic rings. The van der Waals surface area contributed by atoms with Crippen molar-refractivity contribution in [1.29, 1.82) is 0 Å². The molecule has 8 heteroatoms. The van der Waals surface area contributed by atoms with Crippen LogP contribution in [0.1, 0.15) is 71.1 Å². The lowest BCUT2D eigenvalue weighted by Gasteiger charge is -2.53. The number of ether oxygens (including phenoxy) is 1. The summed E-state index contributed by atoms with van der Waals surface area (Å²) in [5, 5.41) is 1.58. The molecule has 1 saturated heterocycles. The number of benzene rings is 2. The molecular weight excluding hydrogens is 478 g/mol. The minimum absolute atomic E-state index is 0.0272. The van der Waals surface area contributed by atoms with E-state index in [2.05, 4.69) is 6.92 Å². The molecule has 7 nitrogen and oxygen atoms in total. The SMILES string of the molecule is CC1CC2(OS(=O)(=O)c3cccc4c(N(C)C)cccc34)CCCC(C2)C12OOC1(CCCCC1)O2. The Bertz CT molecular complexity index is 1250. The average Bonchev–Trinajstić information content (AvgIpc) is 3.22. The molecular formula is C28H37NO6S. The molecule has 1 aliphatic heterocycles. The molecule has 2 aromatic carbocycles. The summed E-state index contributed by atoms with van der Waals surface area (Å²) >= 11 is 0. The highest BCUT2D eigenvalue weighted by molar-refractivity contribution is 7.87. The van der Waals surface area contributed by atoms with Gasteiger partial charge in [-0.3, -0.25) is 4.18 Å². The first-order chi connectivity index (χ1) is 17.2. The lowest BCUT2D eigenvalue weighted by Crippen LogP contribution is -2.59. The van der Waals surface area contributed by atoms with Crippen LogP contribution in [0.3, 0.4) is 0 Å². The lowest BCUT2D eigenvalue weighted by molar-refractivity contribution is -0.383. The zero-order valence-corrected chi connectivity index (χ0v) is 22.3. The number of rotatable bonds is 4. The number of anilines is 1. The Balaban J connectivity index is 1.30. The minimum Gasteiger partial charge on any atom is -0.377 e. The number of hydrogen-bond donors (Lipinski definition) is 0. The van der Waals surface area contributed by atoms with Gasteiger partial charge in [0, 0.05) is 55.2 Å². The third-order valence-electron chi connectivity index (χ3n) is 8.92. The largest absolute Gasteiger partial charge is 0.377 e. The molecule has 4 fully saturated rings. The predicted octanol–water partition coefficient (Wildman–Crippen LogP) is 5.92. The summed E-state index contributed by atoms with van der Waals surface area (Å²) in [5.74, 6) is -1.50. The van der Waals surface area contributed by atoms with Crippen molar-refractivity contribution in [1.82, 2.24) is 0 Å². The van der Waals surface area contributed by atoms with E-state index in [1.165, 1.54) is 6.42 Å². The maximum absolute atomic E-state index is 13.8. The molecule has 0 aromatic heterocycles. The van der Waals surface area contributed by atoms with E-state index < -0.39 is 27.3 Å². The van der Waals surface area contributed by atoms with E-state index in [1.807, 2.05) is 43.3 Å². The normalized spacial score (nSPS) is 33.9. The van der Waals surface area contributed by atoms with Crippen LogP contribution in [0, 0.1) is 11.8 Å². The van der Waals surface area contributed by atoms with Crippen LogP contribution in [-0.2, 0) is 28.8 Å². The van der Waals surface area contributed by atoms with Gasteiger partial charge in [0.15, 0.2) is 0 Å². The zero-order valence-electron chi connectivity index (χ0n) is 21.5. The highest BCUT2D eigenvalue weighted by atomic mass is 32.2. The third-order valence-corrected chi connectivity index (χ3v) is 10.4. The highest BCUT2D eigenvalue weighted by Gasteiger charge is 2.65. The topological polar surface area (TPSA) is 74.3 Å². The van der Waals surface area contributed by atoms with Crippen LogP contribution in [0.5, 0.6) is 0 Å². The fourth-order valence-corrected chi connectivity index (χ4v) is 8.76. The summed E-state index contributed by atoms with van der Waals surface area (Å²) < 4.78 is 40.6. The molecule has 0 N–H and O–H groups in total. The van der Waals surface area contributed by atoms with E-state index >= 15 is 0 Å². The number of nitrogens with zero attached hydrogens (tertiary/aromatic N) is 1. The van der Waals surface area contributed by atoms with Crippen molar-refractivity contribution in [2.45, 2.75) is 93.2 Å². The van der Waals surface area contributed by atoms with Gasteiger partial charge >= 0.3 is 0 Å². The second kappa shape index (κ2) is 8.67. The molecule has 0 amide bonds. The van der Waals surface area contributed by atoms with E-state index in [9.17, 15) is 8.42 Å². The van der Waals surface area contributed by atoms with Crippen molar-refractivity contribution in [2.24, 2.45) is 11.8 Å². The summed E-state index contributed by atoms with van der Waals surface area (Å²) in [4.78, 5) is 14.2. The van der Waals surface area contributed by atoms with E-state index in [1.54, 1.807) is 12.1 Å². The van der Waals surface area contributed by atoms with Gasteiger partial charge in [0.2, 0.25) is 11.6 Å². The van der Waals surface area contributed by atoms with Crippen molar-refractivity contribution in [3.05, 3.63) is 36.4 Å². The summed E-state index contributed by atoms with van der Waals surface area (Å²) in [6.45, 7) is 2.09. The Labute approximate surface area is 214 Å². The van der Waals surface area contributed by atoms with Crippen molar-refractivity contribution < 1.29 is 27.1 Å². The van der Waals surface area contributed by atoms with Crippen molar-refractivity contribution in [2.75, 3.05) is 19.0 Å². The predicted molar refractivity (Wildman–Crippen MR) is 137 cm³/mol. The molecule has 1 heterocycles. The van der Waals surface area contributed by atoms with Crippen LogP contribution in [-0.4, -0.2) is 39.7 Å². The van der Waals surface area contributed by atoms with Gasteiger partial charge in [-0.2, -0.15) is 18.2 Å². The van der Waals surface area contributed by atoms with E-state index in [-0.39, 0.29) is 16.7 Å². The molecule has 0 radical (unpaired) electrons. The summed E-state index contributed by atoms with van der Waals surface area (Å²) in [6.07, 6.45) is 8.67. The smallest absolute Gasteiger partial charge is 0.298 e. The molecule has 4 unspecified atom stereocenters. The number of hydrogen-bond acceptors (Lipinski definition) is 7. The van der Waals surface area contributed by atoms with Crippen LogP contribution in [0.15, 0.2) is 41.3 Å². The maximum atomic E-state index is 13.8. The Hall–Kier alpha value is -1.71. The lowest BCUT2D eigenvalue weighted by atomic mass is 9.62. The van der Waals surface area contributed by atoms with Crippen LogP contribution >= 0.6 is 0 Å². The average molecular weight is 516 g/mol. The second-order valence-corrected chi connectivity index (χ2v) is 13.1. The fraction of sp³-hybridized carbons (Fsp3) is 0.643. The fourth-order valence-electron chi connectivity index (χ4n) is 7.29. The molecule has 4 atom stereocenters. The van der Waals surface area contributed by atoms with Crippen molar-refractivity contribution in [3.63, 3.8) is 0 Å².